The zero-order valence-corrected chi connectivity index (χ0v) is 19.2. The molecule has 5 rings (SSSR count). The monoisotopic (exact) mass is 462 g/mol. The fourth-order valence-corrected chi connectivity index (χ4v) is 5.02. The predicted molar refractivity (Wildman–Crippen MR) is 128 cm³/mol. The summed E-state index contributed by atoms with van der Waals surface area (Å²) in [4.78, 5) is 45.0. The summed E-state index contributed by atoms with van der Waals surface area (Å²) < 4.78 is 5.36. The second-order valence-corrected chi connectivity index (χ2v) is 9.01. The molecule has 0 aliphatic carbocycles. The minimum atomic E-state index is -0.424. The minimum Gasteiger partial charge on any atom is -0.379 e. The van der Waals surface area contributed by atoms with Gasteiger partial charge in [-0.3, -0.25) is 19.3 Å². The molecule has 178 valence electrons. The van der Waals surface area contributed by atoms with E-state index in [1.165, 1.54) is 0 Å². The van der Waals surface area contributed by atoms with Crippen molar-refractivity contribution in [3.05, 3.63) is 65.2 Å². The molecular weight excluding hydrogens is 432 g/mol. The average Bonchev–Trinajstić information content (AvgIpc) is 3.35. The van der Waals surface area contributed by atoms with Crippen LogP contribution in [0.5, 0.6) is 0 Å². The van der Waals surface area contributed by atoms with Gasteiger partial charge in [0, 0.05) is 38.3 Å². The largest absolute Gasteiger partial charge is 0.379 e. The molecule has 3 amide bonds. The Balaban J connectivity index is 1.31. The predicted octanol–water partition coefficient (Wildman–Crippen LogP) is 1.90. The molecule has 2 aromatic rings. The van der Waals surface area contributed by atoms with Crippen LogP contribution in [0.1, 0.15) is 39.1 Å². The van der Waals surface area contributed by atoms with E-state index < -0.39 is 6.04 Å². The zero-order valence-electron chi connectivity index (χ0n) is 19.2. The minimum absolute atomic E-state index is 0.0591. The summed E-state index contributed by atoms with van der Waals surface area (Å²) in [6.45, 7) is 5.52. The maximum Gasteiger partial charge on any atom is 0.256 e. The molecule has 3 aliphatic heterocycles. The van der Waals surface area contributed by atoms with Gasteiger partial charge in [-0.05, 0) is 42.7 Å². The molecule has 0 aromatic heterocycles. The molecule has 2 aromatic carbocycles. The molecule has 8 nitrogen and oxygen atoms in total. The number of hydrogen-bond donors (Lipinski definition) is 1. The Morgan fingerprint density at radius 1 is 1.03 bits per heavy atom. The number of amides is 3. The van der Waals surface area contributed by atoms with Gasteiger partial charge in [-0.25, -0.2) is 0 Å². The highest BCUT2D eigenvalue weighted by molar-refractivity contribution is 6.11. The van der Waals surface area contributed by atoms with E-state index in [1.807, 2.05) is 36.4 Å². The number of benzene rings is 2. The van der Waals surface area contributed by atoms with E-state index in [0.717, 1.165) is 44.8 Å². The van der Waals surface area contributed by atoms with Crippen LogP contribution in [0.3, 0.4) is 0 Å². The fourth-order valence-electron chi connectivity index (χ4n) is 5.02. The Labute approximate surface area is 199 Å². The number of carbonyl (C=O) groups excluding carboxylic acids is 3. The third-order valence-electron chi connectivity index (χ3n) is 6.84. The second-order valence-electron chi connectivity index (χ2n) is 9.01. The number of morpholine rings is 1. The third kappa shape index (κ3) is 4.56. The highest BCUT2D eigenvalue weighted by Gasteiger charge is 2.41. The van der Waals surface area contributed by atoms with Gasteiger partial charge in [0.2, 0.25) is 5.91 Å². The molecule has 2 fully saturated rings. The average molecular weight is 463 g/mol. The van der Waals surface area contributed by atoms with Gasteiger partial charge in [-0.15, -0.1) is 0 Å². The number of rotatable bonds is 6. The third-order valence-corrected chi connectivity index (χ3v) is 6.84. The first-order chi connectivity index (χ1) is 16.6. The first-order valence-corrected chi connectivity index (χ1v) is 12.0. The molecule has 0 spiro atoms. The van der Waals surface area contributed by atoms with E-state index in [9.17, 15) is 14.4 Å². The van der Waals surface area contributed by atoms with Crippen molar-refractivity contribution in [1.82, 2.24) is 15.1 Å². The van der Waals surface area contributed by atoms with Crippen LogP contribution in [-0.2, 0) is 16.1 Å². The molecule has 0 unspecified atom stereocenters. The quantitative estimate of drug-likeness (QED) is 0.709. The van der Waals surface area contributed by atoms with Gasteiger partial charge in [0.1, 0.15) is 6.04 Å². The van der Waals surface area contributed by atoms with Gasteiger partial charge in [0.05, 0.1) is 31.0 Å². The molecule has 3 heterocycles. The number of nitrogens with zero attached hydrogens (tertiary/aromatic N) is 3. The molecule has 34 heavy (non-hydrogen) atoms. The van der Waals surface area contributed by atoms with Crippen LogP contribution in [0.4, 0.5) is 5.69 Å². The first-order valence-electron chi connectivity index (χ1n) is 12.0. The molecule has 0 saturated carbocycles. The summed E-state index contributed by atoms with van der Waals surface area (Å²) in [6.07, 6.45) is 1.51. The highest BCUT2D eigenvalue weighted by Crippen LogP contribution is 2.33. The summed E-state index contributed by atoms with van der Waals surface area (Å²) in [5.41, 5.74) is 2.60. The van der Waals surface area contributed by atoms with Crippen molar-refractivity contribution < 1.29 is 19.1 Å². The van der Waals surface area contributed by atoms with E-state index in [0.29, 0.717) is 42.9 Å². The maximum absolute atomic E-state index is 13.5. The van der Waals surface area contributed by atoms with Gasteiger partial charge in [-0.2, -0.15) is 0 Å². The number of hydrogen-bond acceptors (Lipinski definition) is 5. The molecule has 0 radical (unpaired) electrons. The number of carbonyl (C=O) groups is 3. The Morgan fingerprint density at radius 2 is 1.85 bits per heavy atom. The fraction of sp³-hybridized carbons (Fsp3) is 0.423. The summed E-state index contributed by atoms with van der Waals surface area (Å²) in [7, 11) is 0. The highest BCUT2D eigenvalue weighted by atomic mass is 16.5. The lowest BCUT2D eigenvalue weighted by Crippen LogP contribution is -2.44. The van der Waals surface area contributed by atoms with Crippen molar-refractivity contribution >= 4 is 23.4 Å². The van der Waals surface area contributed by atoms with Crippen molar-refractivity contribution in [2.24, 2.45) is 0 Å². The lowest BCUT2D eigenvalue weighted by molar-refractivity contribution is -0.122. The summed E-state index contributed by atoms with van der Waals surface area (Å²) in [5.74, 6) is -0.270. The van der Waals surface area contributed by atoms with Gasteiger partial charge < -0.3 is 19.9 Å². The normalized spacial score (nSPS) is 20.6. The topological polar surface area (TPSA) is 82.2 Å². The first kappa shape index (κ1) is 22.6. The van der Waals surface area contributed by atoms with Crippen LogP contribution in [-0.4, -0.2) is 79.5 Å². The van der Waals surface area contributed by atoms with Crippen LogP contribution in [0.2, 0.25) is 0 Å². The zero-order chi connectivity index (χ0) is 23.5. The number of para-hydroxylation sites is 1. The lowest BCUT2D eigenvalue weighted by Gasteiger charge is -2.26. The number of ether oxygens (including phenoxy) is 1. The number of fused-ring (bicyclic) bond motifs is 2. The smallest absolute Gasteiger partial charge is 0.256 e. The number of nitrogens with one attached hydrogen (secondary N) is 1. The van der Waals surface area contributed by atoms with Gasteiger partial charge in [0.15, 0.2) is 0 Å². The Hall–Kier alpha value is -3.23. The SMILES string of the molecule is O=C(NCCN1CCOCC1)c1cccc(CN2C(=O)[C@H]3CCCN3C(=O)c3ccccc32)c1. The van der Waals surface area contributed by atoms with Crippen molar-refractivity contribution in [1.29, 1.82) is 0 Å². The lowest BCUT2D eigenvalue weighted by atomic mass is 10.1. The molecule has 8 heteroatoms. The van der Waals surface area contributed by atoms with Crippen molar-refractivity contribution in [2.75, 3.05) is 50.8 Å². The Kier molecular flexibility index (Phi) is 6.60. The molecule has 1 N–H and O–H groups in total. The summed E-state index contributed by atoms with van der Waals surface area (Å²) >= 11 is 0. The van der Waals surface area contributed by atoms with E-state index in [4.69, 9.17) is 4.74 Å². The molecule has 2 saturated heterocycles. The van der Waals surface area contributed by atoms with Crippen LogP contribution in [0, 0.1) is 0 Å². The van der Waals surface area contributed by atoms with Crippen molar-refractivity contribution in [3.8, 4) is 0 Å². The number of anilines is 1. The van der Waals surface area contributed by atoms with Gasteiger partial charge >= 0.3 is 0 Å². The second kappa shape index (κ2) is 9.95. The Morgan fingerprint density at radius 3 is 2.71 bits per heavy atom. The van der Waals surface area contributed by atoms with E-state index in [-0.39, 0.29) is 17.7 Å². The van der Waals surface area contributed by atoms with Crippen LogP contribution in [0.25, 0.3) is 0 Å². The van der Waals surface area contributed by atoms with E-state index in [1.54, 1.807) is 21.9 Å². The molecule has 0 bridgehead atoms. The van der Waals surface area contributed by atoms with Crippen LogP contribution < -0.4 is 10.2 Å². The maximum atomic E-state index is 13.5. The van der Waals surface area contributed by atoms with Crippen LogP contribution in [0.15, 0.2) is 48.5 Å². The van der Waals surface area contributed by atoms with Gasteiger partial charge in [0.25, 0.3) is 11.8 Å². The summed E-state index contributed by atoms with van der Waals surface area (Å²) in [5, 5.41) is 2.99. The Bertz CT molecular complexity index is 1080. The van der Waals surface area contributed by atoms with Crippen molar-refractivity contribution in [2.45, 2.75) is 25.4 Å². The molecular formula is C26H30N4O4. The standard InChI is InChI=1S/C26H30N4O4/c31-24(27-10-12-28-13-15-34-16-14-28)20-6-3-5-19(17-20)18-30-22-8-2-1-7-21(22)25(32)29-11-4-9-23(29)26(30)33/h1-3,5-8,17,23H,4,9-16,18H2,(H,27,31)/t23-/m1/s1. The van der Waals surface area contributed by atoms with E-state index in [2.05, 4.69) is 10.2 Å². The summed E-state index contributed by atoms with van der Waals surface area (Å²) in [6, 6.07) is 14.2. The molecule has 3 aliphatic rings. The van der Waals surface area contributed by atoms with E-state index >= 15 is 0 Å². The van der Waals surface area contributed by atoms with Crippen LogP contribution >= 0.6 is 0 Å². The van der Waals surface area contributed by atoms with Gasteiger partial charge in [-0.1, -0.05) is 24.3 Å². The molecule has 1 atom stereocenters. The van der Waals surface area contributed by atoms with Crippen molar-refractivity contribution in [3.63, 3.8) is 0 Å².